The summed E-state index contributed by atoms with van der Waals surface area (Å²) in [6, 6.07) is 0. The van der Waals surface area contributed by atoms with Crippen LogP contribution in [0.15, 0.2) is 0 Å². The number of aldehydes is 1. The predicted molar refractivity (Wildman–Crippen MR) is 45.9 cm³/mol. The van der Waals surface area contributed by atoms with Gasteiger partial charge in [0.15, 0.2) is 0 Å². The van der Waals surface area contributed by atoms with Crippen molar-refractivity contribution in [3.05, 3.63) is 0 Å². The first kappa shape index (κ1) is 7.04. The van der Waals surface area contributed by atoms with Crippen LogP contribution in [0.2, 0.25) is 0 Å². The van der Waals surface area contributed by atoms with Gasteiger partial charge in [-0.05, 0) is 12.8 Å². The van der Waals surface area contributed by atoms with E-state index >= 15 is 0 Å². The summed E-state index contributed by atoms with van der Waals surface area (Å²) in [6.07, 6.45) is 6.12. The van der Waals surface area contributed by atoms with Crippen molar-refractivity contribution in [3.8, 4) is 0 Å². The number of hydrogen-bond acceptors (Lipinski definition) is 3. The van der Waals surface area contributed by atoms with E-state index in [-0.39, 0.29) is 0 Å². The summed E-state index contributed by atoms with van der Waals surface area (Å²) in [5.74, 6) is 0.358. The molecule has 1 nitrogen and oxygen atoms in total. The molecule has 2 fully saturated rings. The standard InChI is InChI=1S/C7H10OS2/c8-5-6-3-1-2-4-7(6)9-10-7/h5-6H,1-4H2. The van der Waals surface area contributed by atoms with Crippen molar-refractivity contribution in [2.24, 2.45) is 5.92 Å². The summed E-state index contributed by atoms with van der Waals surface area (Å²) in [5, 5.41) is 0. The van der Waals surface area contributed by atoms with Gasteiger partial charge in [-0.1, -0.05) is 34.4 Å². The van der Waals surface area contributed by atoms with E-state index in [9.17, 15) is 4.79 Å². The summed E-state index contributed by atoms with van der Waals surface area (Å²) < 4.78 is 0.361. The Morgan fingerprint density at radius 1 is 1.40 bits per heavy atom. The van der Waals surface area contributed by atoms with Gasteiger partial charge in [-0.3, -0.25) is 0 Å². The molecule has 10 heavy (non-hydrogen) atoms. The minimum atomic E-state index is 0.358. The predicted octanol–water partition coefficient (Wildman–Crippen LogP) is 2.47. The van der Waals surface area contributed by atoms with Crippen molar-refractivity contribution in [2.45, 2.75) is 29.8 Å². The molecule has 2 aliphatic rings. The van der Waals surface area contributed by atoms with Crippen LogP contribution in [0.25, 0.3) is 0 Å². The van der Waals surface area contributed by atoms with Crippen LogP contribution < -0.4 is 0 Å². The van der Waals surface area contributed by atoms with Gasteiger partial charge in [0.25, 0.3) is 0 Å². The lowest BCUT2D eigenvalue weighted by molar-refractivity contribution is -0.111. The van der Waals surface area contributed by atoms with E-state index in [4.69, 9.17) is 0 Å². The van der Waals surface area contributed by atoms with Crippen LogP contribution in [0.3, 0.4) is 0 Å². The molecule has 0 amide bonds. The zero-order valence-electron chi connectivity index (χ0n) is 5.71. The van der Waals surface area contributed by atoms with Gasteiger partial charge >= 0.3 is 0 Å². The third-order valence-corrected chi connectivity index (χ3v) is 5.71. The minimum absolute atomic E-state index is 0.358. The molecule has 1 aliphatic heterocycles. The van der Waals surface area contributed by atoms with Crippen molar-refractivity contribution in [1.82, 2.24) is 0 Å². The van der Waals surface area contributed by atoms with Crippen LogP contribution in [0, 0.1) is 5.92 Å². The summed E-state index contributed by atoms with van der Waals surface area (Å²) in [7, 11) is 3.82. The van der Waals surface area contributed by atoms with Gasteiger partial charge in [0.05, 0.1) is 4.08 Å². The molecule has 1 atom stereocenters. The quantitative estimate of drug-likeness (QED) is 0.345. The van der Waals surface area contributed by atoms with Gasteiger partial charge in [0.2, 0.25) is 0 Å². The highest BCUT2D eigenvalue weighted by Crippen LogP contribution is 2.72. The number of rotatable bonds is 1. The third kappa shape index (κ3) is 0.996. The van der Waals surface area contributed by atoms with Crippen molar-refractivity contribution < 1.29 is 4.79 Å². The van der Waals surface area contributed by atoms with Crippen LogP contribution in [-0.2, 0) is 4.79 Å². The smallest absolute Gasteiger partial charge is 0.125 e. The molecule has 0 aromatic heterocycles. The highest BCUT2D eigenvalue weighted by atomic mass is 33.2. The molecule has 56 valence electrons. The topological polar surface area (TPSA) is 17.1 Å². The molecule has 0 radical (unpaired) electrons. The normalized spacial score (nSPS) is 35.8. The second-order valence-electron chi connectivity index (χ2n) is 2.97. The summed E-state index contributed by atoms with van der Waals surface area (Å²) >= 11 is 0. The molecule has 0 aromatic rings. The van der Waals surface area contributed by atoms with Crippen molar-refractivity contribution in [2.75, 3.05) is 0 Å². The lowest BCUT2D eigenvalue weighted by atomic mass is 9.89. The van der Waals surface area contributed by atoms with Crippen molar-refractivity contribution in [1.29, 1.82) is 0 Å². The number of hydrogen-bond donors (Lipinski definition) is 0. The zero-order valence-corrected chi connectivity index (χ0v) is 7.34. The van der Waals surface area contributed by atoms with Crippen molar-refractivity contribution in [3.63, 3.8) is 0 Å². The third-order valence-electron chi connectivity index (χ3n) is 2.32. The molecule has 0 N–H and O–H groups in total. The zero-order chi connectivity index (χ0) is 7.03. The summed E-state index contributed by atoms with van der Waals surface area (Å²) in [6.45, 7) is 0. The fourth-order valence-electron chi connectivity index (χ4n) is 1.57. The van der Waals surface area contributed by atoms with E-state index in [0.29, 0.717) is 10.00 Å². The number of carbonyl (C=O) groups is 1. The molecule has 1 aliphatic carbocycles. The largest absolute Gasteiger partial charge is 0.303 e. The van der Waals surface area contributed by atoms with E-state index in [1.807, 2.05) is 21.6 Å². The molecule has 1 spiro atoms. The molecule has 1 unspecified atom stereocenters. The first-order chi connectivity index (χ1) is 4.87. The van der Waals surface area contributed by atoms with E-state index < -0.39 is 0 Å². The fraction of sp³-hybridized carbons (Fsp3) is 0.857. The van der Waals surface area contributed by atoms with Gasteiger partial charge in [-0.15, -0.1) is 0 Å². The summed E-state index contributed by atoms with van der Waals surface area (Å²) in [5.41, 5.74) is 0. The molecular weight excluding hydrogens is 164 g/mol. The molecule has 0 aromatic carbocycles. The Kier molecular flexibility index (Phi) is 1.73. The van der Waals surface area contributed by atoms with Gasteiger partial charge in [-0.25, -0.2) is 0 Å². The van der Waals surface area contributed by atoms with E-state index in [0.717, 1.165) is 12.7 Å². The Hall–Kier alpha value is 0.370. The van der Waals surface area contributed by atoms with Crippen LogP contribution in [0.4, 0.5) is 0 Å². The van der Waals surface area contributed by atoms with Gasteiger partial charge in [0, 0.05) is 5.92 Å². The minimum Gasteiger partial charge on any atom is -0.303 e. The molecule has 1 saturated carbocycles. The highest BCUT2D eigenvalue weighted by molar-refractivity contribution is 8.93. The monoisotopic (exact) mass is 174 g/mol. The van der Waals surface area contributed by atoms with Gasteiger partial charge in [0.1, 0.15) is 6.29 Å². The van der Waals surface area contributed by atoms with Crippen LogP contribution in [-0.4, -0.2) is 10.4 Å². The molecule has 3 heteroatoms. The molecule has 1 heterocycles. The Balaban J connectivity index is 2.07. The first-order valence-electron chi connectivity index (χ1n) is 3.69. The van der Waals surface area contributed by atoms with Gasteiger partial charge in [-0.2, -0.15) is 0 Å². The highest BCUT2D eigenvalue weighted by Gasteiger charge is 2.53. The fourth-order valence-corrected chi connectivity index (χ4v) is 4.29. The second-order valence-corrected chi connectivity index (χ2v) is 6.02. The molecule has 2 rings (SSSR count). The average molecular weight is 174 g/mol. The lowest BCUT2D eigenvalue weighted by Gasteiger charge is -2.23. The Labute approximate surface area is 68.7 Å². The SMILES string of the molecule is O=CC1CCCCC12SS2. The van der Waals surface area contributed by atoms with Crippen LogP contribution in [0.1, 0.15) is 25.7 Å². The lowest BCUT2D eigenvalue weighted by Crippen LogP contribution is -2.25. The molecule has 0 bridgehead atoms. The summed E-state index contributed by atoms with van der Waals surface area (Å²) in [4.78, 5) is 10.6. The van der Waals surface area contributed by atoms with Crippen LogP contribution >= 0.6 is 21.6 Å². The maximum atomic E-state index is 10.6. The van der Waals surface area contributed by atoms with Crippen molar-refractivity contribution >= 4 is 27.9 Å². The van der Waals surface area contributed by atoms with Crippen LogP contribution in [0.5, 0.6) is 0 Å². The Morgan fingerprint density at radius 3 is 2.70 bits per heavy atom. The maximum absolute atomic E-state index is 10.6. The molecule has 1 saturated heterocycles. The first-order valence-corrected chi connectivity index (χ1v) is 5.84. The maximum Gasteiger partial charge on any atom is 0.125 e. The van der Waals surface area contributed by atoms with Gasteiger partial charge < -0.3 is 4.79 Å². The Morgan fingerprint density at radius 2 is 2.20 bits per heavy atom. The van der Waals surface area contributed by atoms with E-state index in [2.05, 4.69) is 0 Å². The second kappa shape index (κ2) is 2.45. The number of carbonyl (C=O) groups excluding carboxylic acids is 1. The van der Waals surface area contributed by atoms with E-state index in [1.54, 1.807) is 0 Å². The average Bonchev–Trinajstić information content (AvgIpc) is 2.71. The van der Waals surface area contributed by atoms with E-state index in [1.165, 1.54) is 19.3 Å². The molecular formula is C7H10OS2. The Bertz CT molecular complexity index is 154.